The Kier molecular flexibility index (Phi) is 2.56. The number of carboxylic acids is 1. The second-order valence-electron chi connectivity index (χ2n) is 2.54. The molecule has 3 N–H and O–H groups in total. The Balaban J connectivity index is 4.82. The Hall–Kier alpha value is -1.13. The minimum atomic E-state index is -2.94. The molecular formula is C6H10FNO3. The summed E-state index contributed by atoms with van der Waals surface area (Å²) < 4.78 is 13.1. The molecule has 1 atom stereocenters. The van der Waals surface area contributed by atoms with Gasteiger partial charge in [0.15, 0.2) is 0 Å². The van der Waals surface area contributed by atoms with E-state index in [0.29, 0.717) is 0 Å². The Morgan fingerprint density at radius 2 is 1.91 bits per heavy atom. The van der Waals surface area contributed by atoms with Crippen molar-refractivity contribution in [2.75, 3.05) is 0 Å². The number of hydrogen-bond acceptors (Lipinski definition) is 2. The van der Waals surface area contributed by atoms with E-state index >= 15 is 0 Å². The maximum Gasteiger partial charge on any atom is 0.351 e. The molecule has 0 aliphatic rings. The van der Waals surface area contributed by atoms with Crippen LogP contribution in [0.5, 0.6) is 0 Å². The van der Waals surface area contributed by atoms with Crippen LogP contribution < -0.4 is 5.73 Å². The highest BCUT2D eigenvalue weighted by Crippen LogP contribution is 2.21. The maximum atomic E-state index is 13.1. The SMILES string of the molecule is CC(C)C(F)(C(N)=O)C(=O)O. The van der Waals surface area contributed by atoms with Crippen LogP contribution >= 0.6 is 0 Å². The van der Waals surface area contributed by atoms with Crippen LogP contribution in [0.15, 0.2) is 0 Å². The van der Waals surface area contributed by atoms with E-state index in [0.717, 1.165) is 0 Å². The minimum Gasteiger partial charge on any atom is -0.478 e. The van der Waals surface area contributed by atoms with Gasteiger partial charge in [-0.05, 0) is 0 Å². The number of rotatable bonds is 3. The van der Waals surface area contributed by atoms with Crippen LogP contribution in [-0.4, -0.2) is 22.7 Å². The molecule has 64 valence electrons. The fourth-order valence-corrected chi connectivity index (χ4v) is 0.637. The average Bonchev–Trinajstić information content (AvgIpc) is 1.84. The quantitative estimate of drug-likeness (QED) is 0.571. The van der Waals surface area contributed by atoms with Gasteiger partial charge in [-0.25, -0.2) is 9.18 Å². The molecule has 11 heavy (non-hydrogen) atoms. The number of aliphatic carboxylic acids is 1. The van der Waals surface area contributed by atoms with E-state index in [9.17, 15) is 14.0 Å². The lowest BCUT2D eigenvalue weighted by molar-refractivity contribution is -0.160. The molecule has 0 saturated carbocycles. The van der Waals surface area contributed by atoms with Crippen molar-refractivity contribution in [2.45, 2.75) is 19.5 Å². The summed E-state index contributed by atoms with van der Waals surface area (Å²) in [5.74, 6) is -4.25. The fourth-order valence-electron chi connectivity index (χ4n) is 0.637. The Bertz CT molecular complexity index is 176. The third kappa shape index (κ3) is 1.47. The summed E-state index contributed by atoms with van der Waals surface area (Å²) in [7, 11) is 0. The molecule has 0 bridgehead atoms. The summed E-state index contributed by atoms with van der Waals surface area (Å²) in [6, 6.07) is 0. The zero-order valence-electron chi connectivity index (χ0n) is 6.30. The van der Waals surface area contributed by atoms with Crippen molar-refractivity contribution in [1.82, 2.24) is 0 Å². The fraction of sp³-hybridized carbons (Fsp3) is 0.667. The zero-order valence-corrected chi connectivity index (χ0v) is 6.30. The van der Waals surface area contributed by atoms with E-state index in [1.807, 2.05) is 0 Å². The third-order valence-corrected chi connectivity index (χ3v) is 1.47. The third-order valence-electron chi connectivity index (χ3n) is 1.47. The van der Waals surface area contributed by atoms with E-state index in [1.54, 1.807) is 0 Å². The van der Waals surface area contributed by atoms with Gasteiger partial charge in [-0.1, -0.05) is 13.8 Å². The smallest absolute Gasteiger partial charge is 0.351 e. The highest BCUT2D eigenvalue weighted by molar-refractivity contribution is 6.04. The van der Waals surface area contributed by atoms with Gasteiger partial charge in [-0.15, -0.1) is 0 Å². The summed E-state index contributed by atoms with van der Waals surface area (Å²) in [5, 5.41) is 8.30. The monoisotopic (exact) mass is 163 g/mol. The number of carbonyl (C=O) groups is 2. The molecule has 1 unspecified atom stereocenters. The second-order valence-corrected chi connectivity index (χ2v) is 2.54. The van der Waals surface area contributed by atoms with Gasteiger partial charge in [0, 0.05) is 5.92 Å². The predicted octanol–water partition coefficient (Wildman–Crippen LogP) is -0.0794. The number of carbonyl (C=O) groups excluding carboxylic acids is 1. The van der Waals surface area contributed by atoms with Crippen molar-refractivity contribution in [3.8, 4) is 0 Å². The summed E-state index contributed by atoms with van der Waals surface area (Å²) in [6.45, 7) is 2.55. The largest absolute Gasteiger partial charge is 0.478 e. The molecule has 4 nitrogen and oxygen atoms in total. The number of alkyl halides is 1. The first-order valence-corrected chi connectivity index (χ1v) is 3.05. The lowest BCUT2D eigenvalue weighted by Crippen LogP contribution is -2.50. The first-order chi connectivity index (χ1) is 4.83. The van der Waals surface area contributed by atoms with Crippen LogP contribution in [0.4, 0.5) is 4.39 Å². The molecule has 0 aromatic rings. The summed E-state index contributed by atoms with van der Waals surface area (Å²) in [4.78, 5) is 20.6. The van der Waals surface area contributed by atoms with Crippen molar-refractivity contribution in [3.63, 3.8) is 0 Å². The minimum absolute atomic E-state index is 0.961. The standard InChI is InChI=1S/C6H10FNO3/c1-3(2)6(7,4(8)9)5(10)11/h3H,1-2H3,(H2,8,9)(H,10,11). The van der Waals surface area contributed by atoms with Crippen LogP contribution in [0.2, 0.25) is 0 Å². The number of nitrogens with two attached hydrogens (primary N) is 1. The number of carboxylic acid groups (broad SMARTS) is 1. The van der Waals surface area contributed by atoms with Crippen molar-refractivity contribution >= 4 is 11.9 Å². The van der Waals surface area contributed by atoms with Crippen molar-refractivity contribution < 1.29 is 19.1 Å². The molecule has 5 heteroatoms. The normalized spacial score (nSPS) is 16.0. The van der Waals surface area contributed by atoms with Gasteiger partial charge in [-0.3, -0.25) is 4.79 Å². The average molecular weight is 163 g/mol. The number of amides is 1. The molecule has 1 amide bonds. The summed E-state index contributed by atoms with van der Waals surface area (Å²) in [5.41, 5.74) is 1.63. The van der Waals surface area contributed by atoms with Gasteiger partial charge >= 0.3 is 5.97 Å². The first kappa shape index (κ1) is 9.87. The maximum absolute atomic E-state index is 13.1. The van der Waals surface area contributed by atoms with E-state index in [4.69, 9.17) is 5.11 Å². The molecular weight excluding hydrogens is 153 g/mol. The highest BCUT2D eigenvalue weighted by atomic mass is 19.1. The second kappa shape index (κ2) is 2.86. The lowest BCUT2D eigenvalue weighted by atomic mass is 9.92. The van der Waals surface area contributed by atoms with Gasteiger partial charge in [0.05, 0.1) is 0 Å². The van der Waals surface area contributed by atoms with E-state index in [2.05, 4.69) is 5.73 Å². The summed E-state index contributed by atoms with van der Waals surface area (Å²) in [6.07, 6.45) is 0. The molecule has 0 aliphatic carbocycles. The van der Waals surface area contributed by atoms with Crippen molar-refractivity contribution in [2.24, 2.45) is 11.7 Å². The zero-order chi connectivity index (χ0) is 9.23. The Morgan fingerprint density at radius 1 is 1.55 bits per heavy atom. The predicted molar refractivity (Wildman–Crippen MR) is 35.5 cm³/mol. The van der Waals surface area contributed by atoms with Crippen LogP contribution in [-0.2, 0) is 9.59 Å². The van der Waals surface area contributed by atoms with Gasteiger partial charge in [0.2, 0.25) is 0 Å². The molecule has 0 saturated heterocycles. The van der Waals surface area contributed by atoms with Crippen molar-refractivity contribution in [3.05, 3.63) is 0 Å². The van der Waals surface area contributed by atoms with E-state index in [-0.39, 0.29) is 0 Å². The molecule has 0 heterocycles. The molecule has 0 spiro atoms. The van der Waals surface area contributed by atoms with Crippen LogP contribution in [0.3, 0.4) is 0 Å². The van der Waals surface area contributed by atoms with Crippen LogP contribution in [0.1, 0.15) is 13.8 Å². The van der Waals surface area contributed by atoms with E-state index in [1.165, 1.54) is 13.8 Å². The van der Waals surface area contributed by atoms with Crippen LogP contribution in [0, 0.1) is 5.92 Å². The van der Waals surface area contributed by atoms with Crippen molar-refractivity contribution in [1.29, 1.82) is 0 Å². The van der Waals surface area contributed by atoms with Crippen LogP contribution in [0.25, 0.3) is 0 Å². The van der Waals surface area contributed by atoms with E-state index < -0.39 is 23.5 Å². The van der Waals surface area contributed by atoms with Gasteiger partial charge in [-0.2, -0.15) is 0 Å². The number of halogens is 1. The molecule has 0 rings (SSSR count). The molecule has 0 aliphatic heterocycles. The van der Waals surface area contributed by atoms with Gasteiger partial charge in [0.1, 0.15) is 0 Å². The van der Waals surface area contributed by atoms with Gasteiger partial charge < -0.3 is 10.8 Å². The Labute approximate surface area is 63.2 Å². The first-order valence-electron chi connectivity index (χ1n) is 3.05. The topological polar surface area (TPSA) is 80.4 Å². The number of primary amides is 1. The molecule has 0 aromatic carbocycles. The number of hydrogen-bond donors (Lipinski definition) is 2. The molecule has 0 radical (unpaired) electrons. The molecule has 0 fully saturated rings. The van der Waals surface area contributed by atoms with Gasteiger partial charge in [0.25, 0.3) is 11.6 Å². The molecule has 0 aromatic heterocycles. The lowest BCUT2D eigenvalue weighted by Gasteiger charge is -2.20. The summed E-state index contributed by atoms with van der Waals surface area (Å²) >= 11 is 0. The highest BCUT2D eigenvalue weighted by Gasteiger charge is 2.48. The Morgan fingerprint density at radius 3 is 1.91 bits per heavy atom.